The van der Waals surface area contributed by atoms with Crippen molar-refractivity contribution in [3.8, 4) is 0 Å². The second-order valence-electron chi connectivity index (χ2n) is 6.03. The minimum Gasteiger partial charge on any atom is -0.388 e. The maximum absolute atomic E-state index is 4.89. The highest BCUT2D eigenvalue weighted by Gasteiger charge is 1.93. The van der Waals surface area contributed by atoms with Gasteiger partial charge in [0.2, 0.25) is 0 Å². The van der Waals surface area contributed by atoms with Gasteiger partial charge in [0.15, 0.2) is 0 Å². The molecule has 0 bridgehead atoms. The molecule has 0 spiro atoms. The summed E-state index contributed by atoms with van der Waals surface area (Å²) in [6.45, 7) is 17.0. The molecule has 0 aliphatic heterocycles. The number of hydrogen-bond acceptors (Lipinski definition) is 3. The van der Waals surface area contributed by atoms with Gasteiger partial charge in [0.25, 0.3) is 0 Å². The molecule has 3 nitrogen and oxygen atoms in total. The van der Waals surface area contributed by atoms with Gasteiger partial charge in [-0.05, 0) is 17.8 Å². The van der Waals surface area contributed by atoms with E-state index in [0.717, 1.165) is 25.0 Å². The van der Waals surface area contributed by atoms with Crippen LogP contribution < -0.4 is 0 Å². The van der Waals surface area contributed by atoms with E-state index in [2.05, 4.69) is 53.2 Å². The monoisotopic (exact) mass is 308 g/mol. The summed E-state index contributed by atoms with van der Waals surface area (Å²) in [5.41, 5.74) is 0. The molecule has 1 atom stereocenters. The van der Waals surface area contributed by atoms with Crippen LogP contribution in [0, 0.1) is 17.8 Å². The van der Waals surface area contributed by atoms with Gasteiger partial charge in [-0.1, -0.05) is 61.3 Å². The lowest BCUT2D eigenvalue weighted by Crippen LogP contribution is -2.00. The van der Waals surface area contributed by atoms with Crippen molar-refractivity contribution >= 4 is 0 Å². The zero-order valence-corrected chi connectivity index (χ0v) is 16.8. The first-order chi connectivity index (χ1) is 9.76. The smallest absolute Gasteiger partial charge is 0.0487 e. The molecular weight excluding hydrogens is 264 g/mol. The first kappa shape index (κ1) is 29.0. The molecule has 0 N–H and O–H groups in total. The van der Waals surface area contributed by atoms with Crippen LogP contribution in [0.1, 0.15) is 61.3 Å². The van der Waals surface area contributed by atoms with Gasteiger partial charge in [-0.15, -0.1) is 0 Å². The van der Waals surface area contributed by atoms with E-state index in [0.29, 0.717) is 5.92 Å². The maximum atomic E-state index is 4.89. The van der Waals surface area contributed by atoms with Crippen LogP contribution in [-0.4, -0.2) is 41.7 Å². The van der Waals surface area contributed by atoms with Crippen LogP contribution in [0.2, 0.25) is 0 Å². The van der Waals surface area contributed by atoms with Crippen LogP contribution in [0.4, 0.5) is 0 Å². The molecule has 21 heavy (non-hydrogen) atoms. The zero-order valence-electron chi connectivity index (χ0n) is 16.8. The summed E-state index contributed by atoms with van der Waals surface area (Å²) in [5.74, 6) is 2.29. The molecular formula is C18H44O3. The van der Waals surface area contributed by atoms with E-state index >= 15 is 0 Å². The second-order valence-corrected chi connectivity index (χ2v) is 6.03. The Labute approximate surface area is 135 Å². The number of hydrogen-bond donors (Lipinski definition) is 0. The molecule has 0 aromatic heterocycles. The Morgan fingerprint density at radius 2 is 0.952 bits per heavy atom. The molecule has 0 fully saturated rings. The van der Waals surface area contributed by atoms with Crippen molar-refractivity contribution < 1.29 is 14.2 Å². The van der Waals surface area contributed by atoms with Crippen LogP contribution in [0.3, 0.4) is 0 Å². The average molecular weight is 309 g/mol. The molecule has 0 saturated heterocycles. The fraction of sp³-hybridized carbons (Fsp3) is 1.00. The van der Waals surface area contributed by atoms with Crippen LogP contribution in [0.25, 0.3) is 0 Å². The van der Waals surface area contributed by atoms with Crippen LogP contribution in [0.15, 0.2) is 0 Å². The van der Waals surface area contributed by atoms with Crippen molar-refractivity contribution in [1.82, 2.24) is 0 Å². The fourth-order valence-electron chi connectivity index (χ4n) is 0.736. The SMILES string of the molecule is CCC(C)C.CCC(C)COC.COC.COCC(C)C. The molecule has 0 rings (SSSR count). The normalized spacial score (nSPS) is 10.7. The number of ether oxygens (including phenoxy) is 3. The number of rotatable bonds is 6. The molecule has 0 aromatic rings. The Morgan fingerprint density at radius 3 is 1.00 bits per heavy atom. The molecule has 0 aliphatic rings. The highest BCUT2D eigenvalue weighted by molar-refractivity contribution is 4.43. The summed E-state index contributed by atoms with van der Waals surface area (Å²) in [6.07, 6.45) is 2.52. The Kier molecular flexibility index (Phi) is 38.8. The van der Waals surface area contributed by atoms with E-state index in [4.69, 9.17) is 9.47 Å². The van der Waals surface area contributed by atoms with Crippen LogP contribution >= 0.6 is 0 Å². The van der Waals surface area contributed by atoms with Gasteiger partial charge in [-0.2, -0.15) is 0 Å². The van der Waals surface area contributed by atoms with Crippen molar-refractivity contribution in [2.75, 3.05) is 41.7 Å². The third-order valence-electron chi connectivity index (χ3n) is 2.46. The van der Waals surface area contributed by atoms with Crippen LogP contribution in [-0.2, 0) is 14.2 Å². The zero-order chi connectivity index (χ0) is 17.7. The lowest BCUT2D eigenvalue weighted by molar-refractivity contribution is 0.158. The molecule has 0 heterocycles. The van der Waals surface area contributed by atoms with Crippen molar-refractivity contribution in [3.63, 3.8) is 0 Å². The van der Waals surface area contributed by atoms with Crippen molar-refractivity contribution in [1.29, 1.82) is 0 Å². The van der Waals surface area contributed by atoms with Gasteiger partial charge < -0.3 is 14.2 Å². The van der Waals surface area contributed by atoms with Crippen molar-refractivity contribution in [2.45, 2.75) is 61.3 Å². The Morgan fingerprint density at radius 1 is 0.619 bits per heavy atom. The summed E-state index contributed by atoms with van der Waals surface area (Å²) in [6, 6.07) is 0. The molecule has 0 radical (unpaired) electrons. The number of methoxy groups -OCH3 is 3. The molecule has 0 aliphatic carbocycles. The summed E-state index contributed by atoms with van der Waals surface area (Å²) in [4.78, 5) is 0. The first-order valence-electron chi connectivity index (χ1n) is 8.14. The molecule has 0 aromatic carbocycles. The highest BCUT2D eigenvalue weighted by Crippen LogP contribution is 1.98. The van der Waals surface area contributed by atoms with E-state index in [1.807, 2.05) is 0 Å². The molecule has 1 unspecified atom stereocenters. The van der Waals surface area contributed by atoms with Gasteiger partial charge in [-0.25, -0.2) is 0 Å². The highest BCUT2D eigenvalue weighted by atomic mass is 16.5. The standard InChI is InChI=1S/C6H14O.C5H12O.C5H12.C2H6O/c1-4-6(2)5-7-3;1-5(2)4-6-3;1-4-5(2)3;1-3-2/h6H,4-5H2,1-3H3;5H,4H2,1-3H3;5H,4H2,1-3H3;1-2H3. The summed E-state index contributed by atoms with van der Waals surface area (Å²) < 4.78 is 13.9. The van der Waals surface area contributed by atoms with E-state index < -0.39 is 0 Å². The predicted octanol–water partition coefficient (Wildman–Crippen LogP) is 5.28. The van der Waals surface area contributed by atoms with E-state index in [1.54, 1.807) is 28.4 Å². The summed E-state index contributed by atoms with van der Waals surface area (Å²) in [7, 11) is 6.71. The quantitative estimate of drug-likeness (QED) is 0.668. The summed E-state index contributed by atoms with van der Waals surface area (Å²) >= 11 is 0. The topological polar surface area (TPSA) is 27.7 Å². The Bertz CT molecular complexity index is 136. The molecule has 0 saturated carbocycles. The minimum absolute atomic E-state index is 0.676. The van der Waals surface area contributed by atoms with Gasteiger partial charge >= 0.3 is 0 Å². The van der Waals surface area contributed by atoms with E-state index in [1.165, 1.54) is 12.8 Å². The first-order valence-corrected chi connectivity index (χ1v) is 8.14. The third-order valence-corrected chi connectivity index (χ3v) is 2.46. The van der Waals surface area contributed by atoms with Crippen molar-refractivity contribution in [3.05, 3.63) is 0 Å². The van der Waals surface area contributed by atoms with Gasteiger partial charge in [-0.3, -0.25) is 0 Å². The third kappa shape index (κ3) is 65.1. The largest absolute Gasteiger partial charge is 0.388 e. The van der Waals surface area contributed by atoms with Gasteiger partial charge in [0, 0.05) is 41.7 Å². The lowest BCUT2D eigenvalue weighted by atomic mass is 10.1. The van der Waals surface area contributed by atoms with E-state index in [-0.39, 0.29) is 0 Å². The van der Waals surface area contributed by atoms with Gasteiger partial charge in [0.05, 0.1) is 0 Å². The fourth-order valence-corrected chi connectivity index (χ4v) is 0.736. The van der Waals surface area contributed by atoms with Crippen molar-refractivity contribution in [2.24, 2.45) is 17.8 Å². The lowest BCUT2D eigenvalue weighted by Gasteiger charge is -2.03. The Hall–Kier alpha value is -0.120. The Balaban J connectivity index is -0.0000000955. The molecule has 0 amide bonds. The minimum atomic E-state index is 0.676. The average Bonchev–Trinajstić information content (AvgIpc) is 2.41. The molecule has 134 valence electrons. The molecule has 3 heteroatoms. The van der Waals surface area contributed by atoms with Crippen LogP contribution in [0.5, 0.6) is 0 Å². The second kappa shape index (κ2) is 28.1. The predicted molar refractivity (Wildman–Crippen MR) is 96.1 cm³/mol. The van der Waals surface area contributed by atoms with Gasteiger partial charge in [0.1, 0.15) is 0 Å². The summed E-state index contributed by atoms with van der Waals surface area (Å²) in [5, 5.41) is 0. The maximum Gasteiger partial charge on any atom is 0.0487 e. The van der Waals surface area contributed by atoms with E-state index in [9.17, 15) is 0 Å².